The number of nitrogens with one attached hydrogen (secondary N) is 1. The number of aromatic nitrogens is 2. The van der Waals surface area contributed by atoms with E-state index < -0.39 is 0 Å². The lowest BCUT2D eigenvalue weighted by Gasteiger charge is -2.31. The fourth-order valence-electron chi connectivity index (χ4n) is 3.43. The maximum absolute atomic E-state index is 13.1. The summed E-state index contributed by atoms with van der Waals surface area (Å²) in [5.41, 5.74) is 1.88. The molecule has 1 aliphatic rings. The number of hydrogen-bond donors (Lipinski definition) is 1. The first-order valence-corrected chi connectivity index (χ1v) is 9.39. The number of carbonyl (C=O) groups is 1. The highest BCUT2D eigenvalue weighted by molar-refractivity contribution is 6.30. The maximum Gasteiger partial charge on any atom is 0.274 e. The molecule has 2 aromatic heterocycles. The maximum atomic E-state index is 13.1. The molecule has 6 nitrogen and oxygen atoms in total. The number of carbonyl (C=O) groups excluding carboxylic acids is 1. The molecule has 0 aliphatic carbocycles. The molecule has 0 spiro atoms. The van der Waals surface area contributed by atoms with E-state index in [0.29, 0.717) is 22.2 Å². The molecule has 0 radical (unpaired) electrons. The molecular weight excluding hydrogens is 364 g/mol. The molecule has 0 bridgehead atoms. The Labute approximate surface area is 162 Å². The fourth-order valence-corrected chi connectivity index (χ4v) is 3.62. The summed E-state index contributed by atoms with van der Waals surface area (Å²) in [5, 5.41) is 8.51. The van der Waals surface area contributed by atoms with E-state index in [2.05, 4.69) is 10.4 Å². The summed E-state index contributed by atoms with van der Waals surface area (Å²) in [6.07, 6.45) is 3.50. The van der Waals surface area contributed by atoms with Gasteiger partial charge in [-0.25, -0.2) is 4.68 Å². The van der Waals surface area contributed by atoms with Crippen LogP contribution in [0.4, 0.5) is 0 Å². The van der Waals surface area contributed by atoms with Gasteiger partial charge in [-0.3, -0.25) is 4.79 Å². The molecular formula is C20H21ClN4O2. The number of amides is 1. The van der Waals surface area contributed by atoms with Crippen LogP contribution in [-0.2, 0) is 0 Å². The number of piperidine rings is 1. The first kappa shape index (κ1) is 17.8. The minimum atomic E-state index is -0.0875. The van der Waals surface area contributed by atoms with Crippen molar-refractivity contribution in [2.75, 3.05) is 20.1 Å². The smallest absolute Gasteiger partial charge is 0.274 e. The van der Waals surface area contributed by atoms with Crippen LogP contribution in [0.5, 0.6) is 0 Å². The number of hydrogen-bond acceptors (Lipinski definition) is 4. The average Bonchev–Trinajstić information content (AvgIpc) is 3.37. The van der Waals surface area contributed by atoms with Crippen LogP contribution in [-0.4, -0.2) is 46.8 Å². The molecule has 1 saturated heterocycles. The first-order valence-electron chi connectivity index (χ1n) is 9.01. The number of benzene rings is 1. The van der Waals surface area contributed by atoms with Crippen molar-refractivity contribution in [2.24, 2.45) is 0 Å². The molecule has 1 amide bonds. The Morgan fingerprint density at radius 2 is 2.07 bits per heavy atom. The van der Waals surface area contributed by atoms with Gasteiger partial charge in [-0.1, -0.05) is 17.7 Å². The fraction of sp³-hybridized carbons (Fsp3) is 0.300. The predicted molar refractivity (Wildman–Crippen MR) is 104 cm³/mol. The summed E-state index contributed by atoms with van der Waals surface area (Å²) in [7, 11) is 1.85. The summed E-state index contributed by atoms with van der Waals surface area (Å²) in [5.74, 6) is 0.557. The van der Waals surface area contributed by atoms with Crippen LogP contribution < -0.4 is 5.32 Å². The second-order valence-corrected chi connectivity index (χ2v) is 7.12. The van der Waals surface area contributed by atoms with Gasteiger partial charge in [0.2, 0.25) is 0 Å². The molecule has 1 aliphatic heterocycles. The minimum absolute atomic E-state index is 0.0875. The quantitative estimate of drug-likeness (QED) is 0.746. The summed E-state index contributed by atoms with van der Waals surface area (Å²) in [6.45, 7) is 1.85. The third kappa shape index (κ3) is 3.63. The third-order valence-electron chi connectivity index (χ3n) is 4.93. The van der Waals surface area contributed by atoms with E-state index in [4.69, 9.17) is 16.0 Å². The van der Waals surface area contributed by atoms with Crippen LogP contribution >= 0.6 is 11.6 Å². The molecule has 1 N–H and O–H groups in total. The van der Waals surface area contributed by atoms with E-state index >= 15 is 0 Å². The van der Waals surface area contributed by atoms with Gasteiger partial charge in [-0.05, 0) is 56.3 Å². The van der Waals surface area contributed by atoms with Crippen molar-refractivity contribution in [1.29, 1.82) is 0 Å². The molecule has 1 aromatic carbocycles. The van der Waals surface area contributed by atoms with Crippen molar-refractivity contribution in [3.63, 3.8) is 0 Å². The lowest BCUT2D eigenvalue weighted by atomic mass is 10.1. The number of halogens is 1. The van der Waals surface area contributed by atoms with Crippen LogP contribution in [0, 0.1) is 0 Å². The minimum Gasteiger partial charge on any atom is -0.463 e. The van der Waals surface area contributed by atoms with Gasteiger partial charge in [0.05, 0.1) is 12.0 Å². The van der Waals surface area contributed by atoms with E-state index in [1.807, 2.05) is 37.4 Å². The van der Waals surface area contributed by atoms with Gasteiger partial charge in [0, 0.05) is 24.2 Å². The summed E-state index contributed by atoms with van der Waals surface area (Å²) >= 11 is 6.15. The van der Waals surface area contributed by atoms with Crippen molar-refractivity contribution in [2.45, 2.75) is 18.9 Å². The second-order valence-electron chi connectivity index (χ2n) is 6.68. The summed E-state index contributed by atoms with van der Waals surface area (Å²) in [4.78, 5) is 14.9. The van der Waals surface area contributed by atoms with Crippen molar-refractivity contribution >= 4 is 17.5 Å². The second kappa shape index (κ2) is 7.58. The zero-order valence-electron chi connectivity index (χ0n) is 15.1. The monoisotopic (exact) mass is 384 g/mol. The van der Waals surface area contributed by atoms with E-state index in [1.54, 1.807) is 28.0 Å². The van der Waals surface area contributed by atoms with Gasteiger partial charge in [-0.2, -0.15) is 5.10 Å². The molecule has 4 rings (SSSR count). The largest absolute Gasteiger partial charge is 0.463 e. The van der Waals surface area contributed by atoms with Crippen LogP contribution in [0.15, 0.2) is 53.1 Å². The highest BCUT2D eigenvalue weighted by Crippen LogP contribution is 2.26. The first-order chi connectivity index (χ1) is 13.1. The van der Waals surface area contributed by atoms with Gasteiger partial charge < -0.3 is 14.6 Å². The van der Waals surface area contributed by atoms with Gasteiger partial charge in [0.15, 0.2) is 11.5 Å². The topological polar surface area (TPSA) is 63.3 Å². The van der Waals surface area contributed by atoms with E-state index in [0.717, 1.165) is 31.6 Å². The molecule has 7 heteroatoms. The molecule has 0 unspecified atom stereocenters. The highest BCUT2D eigenvalue weighted by atomic mass is 35.5. The zero-order chi connectivity index (χ0) is 18.8. The lowest BCUT2D eigenvalue weighted by molar-refractivity contribution is 0.0697. The molecule has 3 aromatic rings. The van der Waals surface area contributed by atoms with Crippen LogP contribution in [0.1, 0.15) is 23.3 Å². The van der Waals surface area contributed by atoms with Crippen molar-refractivity contribution < 1.29 is 9.21 Å². The molecule has 3 heterocycles. The Morgan fingerprint density at radius 3 is 2.78 bits per heavy atom. The lowest BCUT2D eigenvalue weighted by Crippen LogP contribution is -2.44. The van der Waals surface area contributed by atoms with Gasteiger partial charge in [-0.15, -0.1) is 0 Å². The van der Waals surface area contributed by atoms with E-state index in [-0.39, 0.29) is 11.9 Å². The van der Waals surface area contributed by atoms with Gasteiger partial charge >= 0.3 is 0 Å². The van der Waals surface area contributed by atoms with Gasteiger partial charge in [0.1, 0.15) is 5.69 Å². The van der Waals surface area contributed by atoms with Crippen molar-refractivity contribution in [3.05, 3.63) is 59.4 Å². The summed E-state index contributed by atoms with van der Waals surface area (Å²) < 4.78 is 7.26. The number of rotatable bonds is 4. The number of nitrogens with zero attached hydrogens (tertiary/aromatic N) is 3. The van der Waals surface area contributed by atoms with Crippen molar-refractivity contribution in [3.8, 4) is 17.1 Å². The average molecular weight is 385 g/mol. The normalized spacial score (nSPS) is 15.0. The predicted octanol–water partition coefficient (Wildman–Crippen LogP) is 3.61. The number of furan rings is 1. The molecule has 0 atom stereocenters. The van der Waals surface area contributed by atoms with E-state index in [1.165, 1.54) is 0 Å². The van der Waals surface area contributed by atoms with Crippen molar-refractivity contribution in [1.82, 2.24) is 20.0 Å². The third-order valence-corrected chi connectivity index (χ3v) is 5.17. The van der Waals surface area contributed by atoms with Crippen LogP contribution in [0.25, 0.3) is 17.1 Å². The molecule has 140 valence electrons. The summed E-state index contributed by atoms with van der Waals surface area (Å²) in [6, 6.07) is 13.0. The zero-order valence-corrected chi connectivity index (χ0v) is 15.8. The highest BCUT2D eigenvalue weighted by Gasteiger charge is 2.26. The Hall–Kier alpha value is -2.57. The standard InChI is InChI=1S/C20H21ClN4O2/c1-24(15-7-9-22-10-8-15)20(26)17-13-18(19-6-3-11-27-19)25(23-17)16-5-2-4-14(21)12-16/h2-6,11-13,15,22H,7-10H2,1H3. The van der Waals surface area contributed by atoms with Gasteiger partial charge in [0.25, 0.3) is 5.91 Å². The van der Waals surface area contributed by atoms with Crippen LogP contribution in [0.3, 0.4) is 0 Å². The molecule has 1 fully saturated rings. The Morgan fingerprint density at radius 1 is 1.26 bits per heavy atom. The molecule has 0 saturated carbocycles. The van der Waals surface area contributed by atoms with E-state index in [9.17, 15) is 4.79 Å². The Bertz CT molecular complexity index is 929. The Balaban J connectivity index is 1.72. The van der Waals surface area contributed by atoms with Crippen LogP contribution in [0.2, 0.25) is 5.02 Å². The molecule has 27 heavy (non-hydrogen) atoms. The SMILES string of the molecule is CN(C(=O)c1cc(-c2ccco2)n(-c2cccc(Cl)c2)n1)C1CCNCC1. The Kier molecular flexibility index (Phi) is 5.01.